The van der Waals surface area contributed by atoms with E-state index >= 15 is 0 Å². The summed E-state index contributed by atoms with van der Waals surface area (Å²) in [5.41, 5.74) is 5.40. The summed E-state index contributed by atoms with van der Waals surface area (Å²) in [7, 11) is 0. The number of carbonyl (C=O) groups is 1. The Morgan fingerprint density at radius 1 is 1.80 bits per heavy atom. The standard InChI is InChI=1S/C6H8N2O2/c7-4-10-6(9)5-2-1-3-8-5/h1-3,8H,4,7H2. The Labute approximate surface area is 58.0 Å². The van der Waals surface area contributed by atoms with Gasteiger partial charge in [-0.2, -0.15) is 0 Å². The molecule has 0 fully saturated rings. The molecule has 0 unspecified atom stereocenters. The third-order valence-corrected chi connectivity index (χ3v) is 1.03. The van der Waals surface area contributed by atoms with Crippen molar-refractivity contribution >= 4 is 5.97 Å². The lowest BCUT2D eigenvalue weighted by atomic mass is 10.4. The monoisotopic (exact) mass is 140 g/mol. The number of rotatable bonds is 2. The van der Waals surface area contributed by atoms with Gasteiger partial charge in [0.15, 0.2) is 0 Å². The zero-order valence-corrected chi connectivity index (χ0v) is 5.33. The number of hydrogen-bond donors (Lipinski definition) is 2. The number of H-pyrrole nitrogens is 1. The molecule has 0 aliphatic heterocycles. The molecule has 0 aliphatic carbocycles. The van der Waals surface area contributed by atoms with Crippen molar-refractivity contribution in [2.45, 2.75) is 0 Å². The highest BCUT2D eigenvalue weighted by Gasteiger charge is 2.04. The van der Waals surface area contributed by atoms with E-state index < -0.39 is 5.97 Å². The third-order valence-electron chi connectivity index (χ3n) is 1.03. The van der Waals surface area contributed by atoms with Gasteiger partial charge in [0, 0.05) is 6.20 Å². The van der Waals surface area contributed by atoms with Crippen molar-refractivity contribution in [1.29, 1.82) is 0 Å². The zero-order chi connectivity index (χ0) is 7.40. The highest BCUT2D eigenvalue weighted by atomic mass is 16.5. The van der Waals surface area contributed by atoms with Crippen LogP contribution in [0.3, 0.4) is 0 Å². The van der Waals surface area contributed by atoms with E-state index in [-0.39, 0.29) is 6.73 Å². The van der Waals surface area contributed by atoms with Crippen LogP contribution in [0.5, 0.6) is 0 Å². The van der Waals surface area contributed by atoms with Crippen molar-refractivity contribution in [2.75, 3.05) is 6.73 Å². The molecular weight excluding hydrogens is 132 g/mol. The normalized spacial score (nSPS) is 9.30. The molecule has 3 N–H and O–H groups in total. The second-order valence-corrected chi connectivity index (χ2v) is 1.68. The van der Waals surface area contributed by atoms with Crippen LogP contribution in [0.15, 0.2) is 18.3 Å². The fraction of sp³-hybridized carbons (Fsp3) is 0.167. The van der Waals surface area contributed by atoms with Gasteiger partial charge in [-0.05, 0) is 12.1 Å². The minimum Gasteiger partial charge on any atom is -0.445 e. The fourth-order valence-electron chi connectivity index (χ4n) is 0.611. The molecule has 1 aromatic heterocycles. The number of aromatic nitrogens is 1. The van der Waals surface area contributed by atoms with E-state index in [2.05, 4.69) is 9.72 Å². The van der Waals surface area contributed by atoms with Crippen molar-refractivity contribution in [1.82, 2.24) is 4.98 Å². The molecule has 0 bridgehead atoms. The van der Waals surface area contributed by atoms with Gasteiger partial charge in [0.25, 0.3) is 0 Å². The maximum absolute atomic E-state index is 10.8. The molecule has 0 amide bonds. The number of carbonyl (C=O) groups excluding carboxylic acids is 1. The smallest absolute Gasteiger partial charge is 0.356 e. The highest BCUT2D eigenvalue weighted by molar-refractivity contribution is 5.87. The van der Waals surface area contributed by atoms with Crippen LogP contribution in [0.2, 0.25) is 0 Å². The summed E-state index contributed by atoms with van der Waals surface area (Å²) in [4.78, 5) is 13.5. The van der Waals surface area contributed by atoms with Gasteiger partial charge < -0.3 is 9.72 Å². The van der Waals surface area contributed by atoms with Crippen LogP contribution in [0.4, 0.5) is 0 Å². The Balaban J connectivity index is 2.59. The number of nitrogens with one attached hydrogen (secondary N) is 1. The highest BCUT2D eigenvalue weighted by Crippen LogP contribution is 1.95. The van der Waals surface area contributed by atoms with Crippen LogP contribution in [0.25, 0.3) is 0 Å². The van der Waals surface area contributed by atoms with E-state index in [0.717, 1.165) is 0 Å². The van der Waals surface area contributed by atoms with E-state index in [1.807, 2.05) is 0 Å². The van der Waals surface area contributed by atoms with Crippen LogP contribution in [0.1, 0.15) is 10.5 Å². The first kappa shape index (κ1) is 6.82. The Morgan fingerprint density at radius 2 is 2.60 bits per heavy atom. The molecule has 1 rings (SSSR count). The van der Waals surface area contributed by atoms with Crippen molar-refractivity contribution in [3.8, 4) is 0 Å². The molecule has 54 valence electrons. The maximum Gasteiger partial charge on any atom is 0.356 e. The molecule has 0 saturated carbocycles. The van der Waals surface area contributed by atoms with Gasteiger partial charge in [0.2, 0.25) is 0 Å². The average Bonchev–Trinajstić information content (AvgIpc) is 2.38. The first-order valence-corrected chi connectivity index (χ1v) is 2.85. The predicted molar refractivity (Wildman–Crippen MR) is 35.3 cm³/mol. The summed E-state index contributed by atoms with van der Waals surface area (Å²) in [5.74, 6) is -0.424. The average molecular weight is 140 g/mol. The van der Waals surface area contributed by atoms with Crippen LogP contribution >= 0.6 is 0 Å². The lowest BCUT2D eigenvalue weighted by Crippen LogP contribution is -2.12. The summed E-state index contributed by atoms with van der Waals surface area (Å²) < 4.78 is 4.49. The van der Waals surface area contributed by atoms with Crippen LogP contribution in [0, 0.1) is 0 Å². The summed E-state index contributed by atoms with van der Waals surface area (Å²) in [6.07, 6.45) is 1.65. The van der Waals surface area contributed by atoms with Crippen molar-refractivity contribution < 1.29 is 9.53 Å². The molecular formula is C6H8N2O2. The van der Waals surface area contributed by atoms with Gasteiger partial charge in [-0.25, -0.2) is 4.79 Å². The Hall–Kier alpha value is -1.29. The van der Waals surface area contributed by atoms with Crippen molar-refractivity contribution in [3.05, 3.63) is 24.0 Å². The molecule has 0 aliphatic rings. The summed E-state index contributed by atoms with van der Waals surface area (Å²) in [5, 5.41) is 0. The lowest BCUT2D eigenvalue weighted by molar-refractivity contribution is 0.0509. The molecule has 4 nitrogen and oxygen atoms in total. The van der Waals surface area contributed by atoms with E-state index in [1.54, 1.807) is 18.3 Å². The van der Waals surface area contributed by atoms with E-state index in [4.69, 9.17) is 5.73 Å². The SMILES string of the molecule is NCOC(=O)c1ccc[nH]1. The number of ether oxygens (including phenoxy) is 1. The molecule has 0 radical (unpaired) electrons. The second kappa shape index (κ2) is 3.03. The minimum atomic E-state index is -0.424. The third kappa shape index (κ3) is 1.35. The molecule has 0 aromatic carbocycles. The lowest BCUT2D eigenvalue weighted by Gasteiger charge is -1.96. The Bertz CT molecular complexity index is 206. The topological polar surface area (TPSA) is 68.1 Å². The molecule has 0 spiro atoms. The predicted octanol–water partition coefficient (Wildman–Crippen LogP) is 0.0877. The van der Waals surface area contributed by atoms with E-state index in [9.17, 15) is 4.79 Å². The molecule has 0 saturated heterocycles. The fourth-order valence-corrected chi connectivity index (χ4v) is 0.611. The van der Waals surface area contributed by atoms with Crippen molar-refractivity contribution in [2.24, 2.45) is 5.73 Å². The van der Waals surface area contributed by atoms with Gasteiger partial charge in [0.1, 0.15) is 12.4 Å². The summed E-state index contributed by atoms with van der Waals surface area (Å²) in [6.45, 7) is -0.0855. The van der Waals surface area contributed by atoms with Crippen LogP contribution in [-0.4, -0.2) is 17.7 Å². The molecule has 1 heterocycles. The van der Waals surface area contributed by atoms with Gasteiger partial charge >= 0.3 is 5.97 Å². The molecule has 10 heavy (non-hydrogen) atoms. The van der Waals surface area contributed by atoms with Gasteiger partial charge in [0.05, 0.1) is 0 Å². The number of esters is 1. The minimum absolute atomic E-state index is 0.0855. The molecule has 1 aromatic rings. The zero-order valence-electron chi connectivity index (χ0n) is 5.33. The van der Waals surface area contributed by atoms with Gasteiger partial charge in [-0.15, -0.1) is 0 Å². The molecule has 0 atom stereocenters. The Morgan fingerprint density at radius 3 is 3.10 bits per heavy atom. The van der Waals surface area contributed by atoms with Gasteiger partial charge in [-0.3, -0.25) is 5.73 Å². The maximum atomic E-state index is 10.8. The largest absolute Gasteiger partial charge is 0.445 e. The molecule has 4 heteroatoms. The first-order valence-electron chi connectivity index (χ1n) is 2.85. The summed E-state index contributed by atoms with van der Waals surface area (Å²) in [6, 6.07) is 3.34. The number of aromatic amines is 1. The summed E-state index contributed by atoms with van der Waals surface area (Å²) >= 11 is 0. The first-order chi connectivity index (χ1) is 4.84. The second-order valence-electron chi connectivity index (χ2n) is 1.68. The number of hydrogen-bond acceptors (Lipinski definition) is 3. The van der Waals surface area contributed by atoms with E-state index in [0.29, 0.717) is 5.69 Å². The van der Waals surface area contributed by atoms with Crippen LogP contribution in [-0.2, 0) is 4.74 Å². The van der Waals surface area contributed by atoms with Crippen molar-refractivity contribution in [3.63, 3.8) is 0 Å². The Kier molecular flexibility index (Phi) is 2.07. The van der Waals surface area contributed by atoms with Crippen LogP contribution < -0.4 is 5.73 Å². The van der Waals surface area contributed by atoms with E-state index in [1.165, 1.54) is 0 Å². The van der Waals surface area contributed by atoms with Gasteiger partial charge in [-0.1, -0.05) is 0 Å². The number of nitrogens with two attached hydrogens (primary N) is 1. The quantitative estimate of drug-likeness (QED) is 0.451.